The van der Waals surface area contributed by atoms with Crippen LogP contribution in [0.3, 0.4) is 0 Å². The lowest BCUT2D eigenvalue weighted by Gasteiger charge is -2.05. The summed E-state index contributed by atoms with van der Waals surface area (Å²) in [5.74, 6) is 2.39. The molecule has 2 aromatic carbocycles. The number of hydrogen-bond donors (Lipinski definition) is 0. The average molecular weight is 388 g/mol. The van der Waals surface area contributed by atoms with Gasteiger partial charge in [-0.1, -0.05) is 37.2 Å². The van der Waals surface area contributed by atoms with E-state index in [9.17, 15) is 12.8 Å². The molecule has 0 aliphatic rings. The number of rotatable bonds is 4. The van der Waals surface area contributed by atoms with Gasteiger partial charge in [0.15, 0.2) is 0 Å². The fraction of sp³-hybridized carbons (Fsp3) is 0.211. The van der Waals surface area contributed by atoms with Crippen LogP contribution in [0, 0.1) is 18.2 Å². The number of thiazole rings is 1. The average Bonchev–Trinajstić information content (AvgIpc) is 2.91. The highest BCUT2D eigenvalue weighted by atomic mass is 32.2. The maximum absolute atomic E-state index is 13.1. The molecule has 1 aromatic heterocycles. The zero-order valence-electron chi connectivity index (χ0n) is 14.3. The molecule has 0 radical (unpaired) electrons. The van der Waals surface area contributed by atoms with E-state index in [4.69, 9.17) is 6.42 Å². The summed E-state index contributed by atoms with van der Waals surface area (Å²) in [7, 11) is -3.97. The first-order valence-electron chi connectivity index (χ1n) is 7.95. The van der Waals surface area contributed by atoms with Crippen molar-refractivity contribution < 1.29 is 12.8 Å². The van der Waals surface area contributed by atoms with Gasteiger partial charge in [-0.3, -0.25) is 0 Å². The molecule has 7 heteroatoms. The van der Waals surface area contributed by atoms with Crippen molar-refractivity contribution in [3.8, 4) is 12.3 Å². The molecule has 0 fully saturated rings. The molecule has 0 bridgehead atoms. The van der Waals surface area contributed by atoms with Gasteiger partial charge in [0.2, 0.25) is 4.80 Å². The molecule has 0 aliphatic carbocycles. The molecule has 0 spiro atoms. The second-order valence-corrected chi connectivity index (χ2v) is 8.69. The van der Waals surface area contributed by atoms with Crippen molar-refractivity contribution in [1.29, 1.82) is 0 Å². The molecular weight excluding hydrogens is 371 g/mol. The number of benzene rings is 2. The zero-order chi connectivity index (χ0) is 18.9. The van der Waals surface area contributed by atoms with Crippen LogP contribution in [-0.4, -0.2) is 13.0 Å². The van der Waals surface area contributed by atoms with Crippen molar-refractivity contribution in [3.05, 3.63) is 58.6 Å². The maximum atomic E-state index is 13.1. The summed E-state index contributed by atoms with van der Waals surface area (Å²) in [6.45, 7) is 4.39. The van der Waals surface area contributed by atoms with Crippen molar-refractivity contribution in [2.75, 3.05) is 0 Å². The fourth-order valence-corrected chi connectivity index (χ4v) is 4.81. The minimum Gasteiger partial charge on any atom is -0.304 e. The summed E-state index contributed by atoms with van der Waals surface area (Å²) in [6.07, 6.45) is 5.45. The second kappa shape index (κ2) is 7.06. The molecule has 3 aromatic rings. The van der Waals surface area contributed by atoms with Crippen molar-refractivity contribution >= 4 is 31.6 Å². The van der Waals surface area contributed by atoms with E-state index >= 15 is 0 Å². The first kappa shape index (κ1) is 18.4. The molecule has 4 nitrogen and oxygen atoms in total. The Morgan fingerprint density at radius 1 is 1.23 bits per heavy atom. The first-order valence-corrected chi connectivity index (χ1v) is 10.2. The third kappa shape index (κ3) is 3.57. The Morgan fingerprint density at radius 2 is 1.92 bits per heavy atom. The third-order valence-corrected chi connectivity index (χ3v) is 6.37. The van der Waals surface area contributed by atoms with Gasteiger partial charge in [-0.05, 0) is 47.9 Å². The Balaban J connectivity index is 2.22. The number of aromatic nitrogens is 1. The molecule has 0 unspecified atom stereocenters. The van der Waals surface area contributed by atoms with Crippen LogP contribution in [0.25, 0.3) is 10.2 Å². The van der Waals surface area contributed by atoms with Crippen molar-refractivity contribution in [2.24, 2.45) is 4.40 Å². The minimum absolute atomic E-state index is 0.0634. The predicted molar refractivity (Wildman–Crippen MR) is 102 cm³/mol. The molecule has 0 saturated heterocycles. The fourth-order valence-electron chi connectivity index (χ4n) is 2.53. The van der Waals surface area contributed by atoms with E-state index in [1.54, 1.807) is 4.57 Å². The van der Waals surface area contributed by atoms with E-state index in [0.29, 0.717) is 10.7 Å². The molecule has 1 heterocycles. The lowest BCUT2D eigenvalue weighted by molar-refractivity contribution is 0.594. The molecule has 0 saturated carbocycles. The summed E-state index contributed by atoms with van der Waals surface area (Å²) in [5.41, 5.74) is 1.99. The zero-order valence-corrected chi connectivity index (χ0v) is 15.9. The highest BCUT2D eigenvalue weighted by Crippen LogP contribution is 2.24. The lowest BCUT2D eigenvalue weighted by Crippen LogP contribution is -2.16. The Morgan fingerprint density at radius 3 is 2.54 bits per heavy atom. The third-order valence-electron chi connectivity index (χ3n) is 3.93. The summed E-state index contributed by atoms with van der Waals surface area (Å²) in [4.78, 5) is 0.231. The standard InChI is InChI=1S/C19H17FN2O2S2/c1-4-11-22-17-10-5-14(13(2)3)12-18(17)25-19(22)21-26(23,24)16-8-6-15(20)7-9-16/h1,5-10,12-13H,11H2,2-3H3/b21-19-. The van der Waals surface area contributed by atoms with Crippen LogP contribution >= 0.6 is 11.3 Å². The summed E-state index contributed by atoms with van der Waals surface area (Å²) >= 11 is 1.27. The van der Waals surface area contributed by atoms with Crippen LogP contribution in [-0.2, 0) is 16.6 Å². The van der Waals surface area contributed by atoms with Gasteiger partial charge in [0, 0.05) is 0 Å². The summed E-state index contributed by atoms with van der Waals surface area (Å²) in [6, 6.07) is 10.6. The van der Waals surface area contributed by atoms with E-state index < -0.39 is 15.8 Å². The Labute approximate surface area is 155 Å². The van der Waals surface area contributed by atoms with E-state index in [1.165, 1.54) is 23.5 Å². The molecule has 3 rings (SSSR count). The monoisotopic (exact) mass is 388 g/mol. The Hall–Kier alpha value is -2.43. The van der Waals surface area contributed by atoms with Gasteiger partial charge in [0.1, 0.15) is 5.82 Å². The topological polar surface area (TPSA) is 51.4 Å². The second-order valence-electron chi connectivity index (χ2n) is 6.08. The van der Waals surface area contributed by atoms with E-state index in [0.717, 1.165) is 27.9 Å². The van der Waals surface area contributed by atoms with Gasteiger partial charge in [-0.25, -0.2) is 4.39 Å². The number of hydrogen-bond acceptors (Lipinski definition) is 3. The Bertz CT molecular complexity index is 1160. The predicted octanol–water partition coefficient (Wildman–Crippen LogP) is 3.89. The minimum atomic E-state index is -3.97. The number of fused-ring (bicyclic) bond motifs is 1. The molecule has 134 valence electrons. The van der Waals surface area contributed by atoms with Gasteiger partial charge < -0.3 is 4.57 Å². The van der Waals surface area contributed by atoms with Gasteiger partial charge in [0.25, 0.3) is 10.0 Å². The SMILES string of the molecule is C#CCn1/c(=N/S(=O)(=O)c2ccc(F)cc2)sc2cc(C(C)C)ccc21. The van der Waals surface area contributed by atoms with Crippen LogP contribution in [0.2, 0.25) is 0 Å². The molecule has 0 N–H and O–H groups in total. The highest BCUT2D eigenvalue weighted by Gasteiger charge is 2.15. The van der Waals surface area contributed by atoms with Crippen molar-refractivity contribution in [1.82, 2.24) is 4.57 Å². The maximum Gasteiger partial charge on any atom is 0.285 e. The Kier molecular flexibility index (Phi) is 4.99. The normalized spacial score (nSPS) is 12.7. The van der Waals surface area contributed by atoms with Crippen LogP contribution in [0.15, 0.2) is 51.8 Å². The summed E-state index contributed by atoms with van der Waals surface area (Å²) < 4.78 is 44.8. The van der Waals surface area contributed by atoms with Gasteiger partial charge in [-0.2, -0.15) is 8.42 Å². The molecule has 0 amide bonds. The highest BCUT2D eigenvalue weighted by molar-refractivity contribution is 7.90. The van der Waals surface area contributed by atoms with Gasteiger partial charge in [-0.15, -0.1) is 10.8 Å². The van der Waals surface area contributed by atoms with E-state index in [-0.39, 0.29) is 11.4 Å². The van der Waals surface area contributed by atoms with Crippen molar-refractivity contribution in [2.45, 2.75) is 31.2 Å². The number of terminal acetylenes is 1. The number of sulfonamides is 1. The van der Waals surface area contributed by atoms with Crippen LogP contribution in [0.5, 0.6) is 0 Å². The molecule has 26 heavy (non-hydrogen) atoms. The largest absolute Gasteiger partial charge is 0.304 e. The summed E-state index contributed by atoms with van der Waals surface area (Å²) in [5, 5.41) is 0. The van der Waals surface area contributed by atoms with Crippen LogP contribution < -0.4 is 4.80 Å². The molecule has 0 atom stereocenters. The van der Waals surface area contributed by atoms with E-state index in [2.05, 4.69) is 24.2 Å². The molecular formula is C19H17FN2O2S2. The van der Waals surface area contributed by atoms with Crippen molar-refractivity contribution in [3.63, 3.8) is 0 Å². The molecule has 0 aliphatic heterocycles. The van der Waals surface area contributed by atoms with Crippen LogP contribution in [0.1, 0.15) is 25.3 Å². The van der Waals surface area contributed by atoms with Gasteiger partial charge in [0.05, 0.1) is 21.7 Å². The quantitative estimate of drug-likeness (QED) is 0.637. The smallest absolute Gasteiger partial charge is 0.285 e. The number of nitrogens with zero attached hydrogens (tertiary/aromatic N) is 2. The lowest BCUT2D eigenvalue weighted by atomic mass is 10.0. The first-order chi connectivity index (χ1) is 12.3. The van der Waals surface area contributed by atoms with Gasteiger partial charge >= 0.3 is 0 Å². The van der Waals surface area contributed by atoms with Crippen LogP contribution in [0.4, 0.5) is 4.39 Å². The number of halogens is 1. The van der Waals surface area contributed by atoms with E-state index in [1.807, 2.05) is 18.2 Å².